The molecule has 80 heavy (non-hydrogen) atoms. The fourth-order valence-electron chi connectivity index (χ4n) is 9.18. The van der Waals surface area contributed by atoms with Gasteiger partial charge in [0.2, 0.25) is 0 Å². The SMILES string of the molecule is CC/C=C\C/C=C\C/C=C\C/C=C\C/C=C\C/C=C\C/C=C\C/C=C\CCCCCCCCC(=O)OCC(COC(=O)CCCCCCC/C=C\C/C=C\CCCC)OC(=O)CCCCCCCCCCCCCCCCCCC. The van der Waals surface area contributed by atoms with Gasteiger partial charge in [0.15, 0.2) is 6.10 Å². The Hall–Kier alpha value is -4.19. The lowest BCUT2D eigenvalue weighted by Gasteiger charge is -2.18. The minimum absolute atomic E-state index is 0.0893. The summed E-state index contributed by atoms with van der Waals surface area (Å²) in [5, 5.41) is 0. The van der Waals surface area contributed by atoms with E-state index in [9.17, 15) is 14.4 Å². The van der Waals surface area contributed by atoms with Crippen molar-refractivity contribution in [1.29, 1.82) is 0 Å². The molecule has 0 rings (SSSR count). The third-order valence-electron chi connectivity index (χ3n) is 14.2. The molecule has 0 saturated heterocycles. The van der Waals surface area contributed by atoms with Gasteiger partial charge in [0.05, 0.1) is 0 Å². The predicted octanol–water partition coefficient (Wildman–Crippen LogP) is 23.2. The summed E-state index contributed by atoms with van der Waals surface area (Å²) < 4.78 is 16.9. The molecule has 0 radical (unpaired) electrons. The lowest BCUT2D eigenvalue weighted by atomic mass is 10.0. The first-order valence-corrected chi connectivity index (χ1v) is 33.5. The number of allylic oxidation sites excluding steroid dienone is 20. The van der Waals surface area contributed by atoms with Crippen LogP contribution in [0.2, 0.25) is 0 Å². The number of hydrogen-bond acceptors (Lipinski definition) is 6. The Balaban J connectivity index is 4.34. The van der Waals surface area contributed by atoms with E-state index < -0.39 is 6.10 Å². The molecule has 1 atom stereocenters. The van der Waals surface area contributed by atoms with E-state index in [-0.39, 0.29) is 31.1 Å². The second kappa shape index (κ2) is 67.3. The van der Waals surface area contributed by atoms with Crippen LogP contribution >= 0.6 is 0 Å². The summed E-state index contributed by atoms with van der Waals surface area (Å²) in [5.74, 6) is -0.907. The molecule has 0 heterocycles. The molecule has 0 bridgehead atoms. The Morgan fingerprint density at radius 3 is 0.800 bits per heavy atom. The lowest BCUT2D eigenvalue weighted by Crippen LogP contribution is -2.30. The molecule has 0 aliphatic heterocycles. The maximum atomic E-state index is 12.9. The molecule has 0 aromatic rings. The van der Waals surface area contributed by atoms with Gasteiger partial charge in [0, 0.05) is 19.3 Å². The Labute approximate surface area is 494 Å². The van der Waals surface area contributed by atoms with Gasteiger partial charge in [0.25, 0.3) is 0 Å². The van der Waals surface area contributed by atoms with E-state index in [1.54, 1.807) is 0 Å². The second-order valence-corrected chi connectivity index (χ2v) is 22.0. The van der Waals surface area contributed by atoms with Crippen molar-refractivity contribution in [1.82, 2.24) is 0 Å². The number of unbranched alkanes of at least 4 members (excludes halogenated alkanes) is 29. The van der Waals surface area contributed by atoms with Crippen LogP contribution in [0.25, 0.3) is 0 Å². The molecule has 0 N–H and O–H groups in total. The van der Waals surface area contributed by atoms with Gasteiger partial charge in [0.1, 0.15) is 13.2 Å². The third kappa shape index (κ3) is 64.6. The van der Waals surface area contributed by atoms with Crippen molar-refractivity contribution in [3.63, 3.8) is 0 Å². The monoisotopic (exact) mass is 1110 g/mol. The minimum atomic E-state index is -0.792. The highest BCUT2D eigenvalue weighted by molar-refractivity contribution is 5.71. The standard InChI is InChI=1S/C74H124O6/c1-4-7-10-13-16-19-22-25-28-30-31-32-33-34-35-36-37-38-39-40-41-42-43-45-46-49-52-55-58-61-64-67-73(76)79-70-71(69-78-72(75)66-63-60-57-54-51-48-27-24-21-18-15-12-9-6-3)80-74(77)68-65-62-59-56-53-50-47-44-29-26-23-20-17-14-11-8-5-2/h7,10,15-16,18-19,24-25,27-28,31-32,34-35,37-38,40-41,43,45,71H,4-6,8-9,11-14,17,20-23,26,29-30,33,36,39,42,44,46-70H2,1-3H3/b10-7-,18-15-,19-16-,27-24-,28-25-,32-31-,35-34-,38-37-,41-40-,45-43-. The average molecular weight is 1110 g/mol. The van der Waals surface area contributed by atoms with Crippen LogP contribution in [0.15, 0.2) is 122 Å². The molecule has 0 aliphatic carbocycles. The van der Waals surface area contributed by atoms with Gasteiger partial charge in [-0.3, -0.25) is 14.4 Å². The van der Waals surface area contributed by atoms with Gasteiger partial charge in [-0.1, -0.05) is 303 Å². The van der Waals surface area contributed by atoms with Crippen LogP contribution in [0.1, 0.15) is 310 Å². The van der Waals surface area contributed by atoms with Crippen LogP contribution in [0.4, 0.5) is 0 Å². The van der Waals surface area contributed by atoms with E-state index in [4.69, 9.17) is 14.2 Å². The fraction of sp³-hybridized carbons (Fsp3) is 0.689. The zero-order valence-electron chi connectivity index (χ0n) is 52.3. The zero-order valence-corrected chi connectivity index (χ0v) is 52.3. The number of rotatable bonds is 60. The normalized spacial score (nSPS) is 12.9. The van der Waals surface area contributed by atoms with Gasteiger partial charge >= 0.3 is 17.9 Å². The minimum Gasteiger partial charge on any atom is -0.462 e. The van der Waals surface area contributed by atoms with Gasteiger partial charge in [-0.25, -0.2) is 0 Å². The number of esters is 3. The number of hydrogen-bond donors (Lipinski definition) is 0. The van der Waals surface area contributed by atoms with Crippen LogP contribution in [-0.4, -0.2) is 37.2 Å². The van der Waals surface area contributed by atoms with E-state index in [1.165, 1.54) is 122 Å². The molecule has 0 aromatic heterocycles. The van der Waals surface area contributed by atoms with Crippen molar-refractivity contribution in [2.24, 2.45) is 0 Å². The number of carbonyl (C=O) groups is 3. The molecular formula is C74H124O6. The smallest absolute Gasteiger partial charge is 0.306 e. The largest absolute Gasteiger partial charge is 0.462 e. The summed E-state index contributed by atoms with van der Waals surface area (Å²) in [6, 6.07) is 0. The quantitative estimate of drug-likeness (QED) is 0.0261. The van der Waals surface area contributed by atoms with Gasteiger partial charge in [-0.05, 0) is 109 Å². The molecule has 6 nitrogen and oxygen atoms in total. The topological polar surface area (TPSA) is 78.9 Å². The summed E-state index contributed by atoms with van der Waals surface area (Å²) in [7, 11) is 0. The molecule has 456 valence electrons. The van der Waals surface area contributed by atoms with Crippen LogP contribution in [0.3, 0.4) is 0 Å². The first-order chi connectivity index (χ1) is 39.5. The Kier molecular flexibility index (Phi) is 63.8. The lowest BCUT2D eigenvalue weighted by molar-refractivity contribution is -0.167. The van der Waals surface area contributed by atoms with Crippen molar-refractivity contribution in [3.8, 4) is 0 Å². The number of ether oxygens (including phenoxy) is 3. The zero-order chi connectivity index (χ0) is 57.8. The van der Waals surface area contributed by atoms with Crippen molar-refractivity contribution >= 4 is 17.9 Å². The van der Waals surface area contributed by atoms with E-state index in [0.717, 1.165) is 148 Å². The Bertz CT molecular complexity index is 1650. The molecule has 0 spiro atoms. The highest BCUT2D eigenvalue weighted by atomic mass is 16.6. The molecule has 0 saturated carbocycles. The van der Waals surface area contributed by atoms with E-state index in [2.05, 4.69) is 142 Å². The summed E-state index contributed by atoms with van der Waals surface area (Å²) in [6.07, 6.45) is 93.5. The highest BCUT2D eigenvalue weighted by Crippen LogP contribution is 2.16. The third-order valence-corrected chi connectivity index (χ3v) is 14.2. The van der Waals surface area contributed by atoms with E-state index in [0.29, 0.717) is 19.3 Å². The molecular weight excluding hydrogens is 985 g/mol. The molecule has 6 heteroatoms. The van der Waals surface area contributed by atoms with Gasteiger partial charge < -0.3 is 14.2 Å². The molecule has 0 aliphatic rings. The van der Waals surface area contributed by atoms with Crippen LogP contribution in [-0.2, 0) is 28.6 Å². The van der Waals surface area contributed by atoms with Crippen molar-refractivity contribution in [3.05, 3.63) is 122 Å². The first-order valence-electron chi connectivity index (χ1n) is 33.5. The molecule has 1 unspecified atom stereocenters. The summed E-state index contributed by atoms with van der Waals surface area (Å²) in [4.78, 5) is 38.3. The summed E-state index contributed by atoms with van der Waals surface area (Å²) in [5.41, 5.74) is 0. The average Bonchev–Trinajstić information content (AvgIpc) is 3.46. The fourth-order valence-corrected chi connectivity index (χ4v) is 9.18. The second-order valence-electron chi connectivity index (χ2n) is 22.0. The molecule has 0 fully saturated rings. The summed E-state index contributed by atoms with van der Waals surface area (Å²) >= 11 is 0. The van der Waals surface area contributed by atoms with Gasteiger partial charge in [-0.15, -0.1) is 0 Å². The predicted molar refractivity (Wildman–Crippen MR) is 348 cm³/mol. The maximum Gasteiger partial charge on any atom is 0.306 e. The Morgan fingerprint density at radius 2 is 0.500 bits per heavy atom. The van der Waals surface area contributed by atoms with Gasteiger partial charge in [-0.2, -0.15) is 0 Å². The molecule has 0 amide bonds. The Morgan fingerprint density at radius 1 is 0.263 bits per heavy atom. The van der Waals surface area contributed by atoms with Crippen molar-refractivity contribution in [2.45, 2.75) is 316 Å². The van der Waals surface area contributed by atoms with Crippen LogP contribution in [0.5, 0.6) is 0 Å². The number of carbonyl (C=O) groups excluding carboxylic acids is 3. The van der Waals surface area contributed by atoms with E-state index in [1.807, 2.05) is 0 Å². The maximum absolute atomic E-state index is 12.9. The van der Waals surface area contributed by atoms with Crippen molar-refractivity contribution in [2.75, 3.05) is 13.2 Å². The van der Waals surface area contributed by atoms with Crippen molar-refractivity contribution < 1.29 is 28.6 Å². The molecule has 0 aromatic carbocycles. The highest BCUT2D eigenvalue weighted by Gasteiger charge is 2.19. The first kappa shape index (κ1) is 75.8. The van der Waals surface area contributed by atoms with Crippen LogP contribution in [0, 0.1) is 0 Å². The van der Waals surface area contributed by atoms with Crippen LogP contribution < -0.4 is 0 Å². The summed E-state index contributed by atoms with van der Waals surface area (Å²) in [6.45, 7) is 6.49. The van der Waals surface area contributed by atoms with E-state index >= 15 is 0 Å².